The van der Waals surface area contributed by atoms with Gasteiger partial charge in [-0.3, -0.25) is 4.79 Å². The van der Waals surface area contributed by atoms with E-state index in [-0.39, 0.29) is 11.7 Å². The Balaban J connectivity index is 2.03. The van der Waals surface area contributed by atoms with Crippen molar-refractivity contribution in [1.82, 2.24) is 0 Å². The third-order valence-corrected chi connectivity index (χ3v) is 3.48. The third-order valence-electron chi connectivity index (χ3n) is 3.48. The number of aryl methyl sites for hydroxylation is 1. The van der Waals surface area contributed by atoms with E-state index >= 15 is 0 Å². The van der Waals surface area contributed by atoms with Gasteiger partial charge in [-0.2, -0.15) is 0 Å². The van der Waals surface area contributed by atoms with Crippen molar-refractivity contribution in [3.63, 3.8) is 0 Å². The molecule has 19 heavy (non-hydrogen) atoms. The van der Waals surface area contributed by atoms with Crippen LogP contribution in [0.3, 0.4) is 0 Å². The number of carbonyl (C=O) groups is 1. The monoisotopic (exact) mass is 255 g/mol. The Hall–Kier alpha value is -2.16. The molecule has 0 saturated carbocycles. The summed E-state index contributed by atoms with van der Waals surface area (Å²) in [6, 6.07) is 12.2. The van der Waals surface area contributed by atoms with E-state index in [1.807, 2.05) is 25.1 Å². The van der Waals surface area contributed by atoms with Crippen molar-refractivity contribution in [2.24, 2.45) is 0 Å². The van der Waals surface area contributed by atoms with E-state index in [2.05, 4.69) is 0 Å². The molecule has 0 aliphatic carbocycles. The average molecular weight is 255 g/mol. The summed E-state index contributed by atoms with van der Waals surface area (Å²) in [4.78, 5) is 14.0. The fourth-order valence-corrected chi connectivity index (χ4v) is 2.52. The maximum absolute atomic E-state index is 13.8. The van der Waals surface area contributed by atoms with E-state index in [1.54, 1.807) is 18.2 Å². The van der Waals surface area contributed by atoms with Gasteiger partial charge in [0, 0.05) is 12.1 Å². The molecule has 0 saturated heterocycles. The number of hydrogen-bond acceptors (Lipinski definition) is 1. The van der Waals surface area contributed by atoms with Gasteiger partial charge >= 0.3 is 0 Å². The molecule has 0 aromatic heterocycles. The van der Waals surface area contributed by atoms with Crippen molar-refractivity contribution in [2.75, 3.05) is 11.4 Å². The van der Waals surface area contributed by atoms with E-state index in [0.717, 1.165) is 17.5 Å². The van der Waals surface area contributed by atoms with E-state index < -0.39 is 0 Å². The van der Waals surface area contributed by atoms with Gasteiger partial charge in [-0.05, 0) is 37.1 Å². The Morgan fingerprint density at radius 2 is 1.95 bits per heavy atom. The standard InChI is InChI=1S/C16H14FNO/c1-11-6-7-13-12(10-11)8-9-18(16(13)19)15-5-3-2-4-14(15)17/h2-7,10H,8-9H2,1H3. The molecule has 1 amide bonds. The van der Waals surface area contributed by atoms with Crippen molar-refractivity contribution < 1.29 is 9.18 Å². The van der Waals surface area contributed by atoms with Crippen LogP contribution >= 0.6 is 0 Å². The van der Waals surface area contributed by atoms with Crippen LogP contribution in [0.15, 0.2) is 42.5 Å². The van der Waals surface area contributed by atoms with Gasteiger partial charge in [0.15, 0.2) is 0 Å². The minimum absolute atomic E-state index is 0.119. The van der Waals surface area contributed by atoms with Crippen molar-refractivity contribution in [1.29, 1.82) is 0 Å². The number of halogens is 1. The Morgan fingerprint density at radius 3 is 2.74 bits per heavy atom. The summed E-state index contributed by atoms with van der Waals surface area (Å²) in [5.74, 6) is -0.474. The Labute approximate surface area is 111 Å². The summed E-state index contributed by atoms with van der Waals surface area (Å²) in [7, 11) is 0. The fourth-order valence-electron chi connectivity index (χ4n) is 2.52. The number of carbonyl (C=O) groups excluding carboxylic acids is 1. The summed E-state index contributed by atoms with van der Waals surface area (Å²) in [6.07, 6.45) is 0.761. The van der Waals surface area contributed by atoms with E-state index in [4.69, 9.17) is 0 Å². The molecule has 3 rings (SSSR count). The topological polar surface area (TPSA) is 20.3 Å². The molecular formula is C16H14FNO. The van der Waals surface area contributed by atoms with Crippen molar-refractivity contribution in [3.8, 4) is 0 Å². The lowest BCUT2D eigenvalue weighted by atomic mass is 9.96. The van der Waals surface area contributed by atoms with Crippen LogP contribution in [-0.2, 0) is 6.42 Å². The second-order valence-electron chi connectivity index (χ2n) is 4.82. The zero-order valence-electron chi connectivity index (χ0n) is 10.7. The molecule has 0 N–H and O–H groups in total. The fraction of sp³-hybridized carbons (Fsp3) is 0.188. The molecule has 2 nitrogen and oxygen atoms in total. The van der Waals surface area contributed by atoms with Crippen LogP contribution in [0.1, 0.15) is 21.5 Å². The Kier molecular flexibility index (Phi) is 2.82. The Bertz CT molecular complexity index is 651. The number of amides is 1. The highest BCUT2D eigenvalue weighted by molar-refractivity contribution is 6.08. The lowest BCUT2D eigenvalue weighted by molar-refractivity contribution is 0.0979. The van der Waals surface area contributed by atoms with Crippen LogP contribution in [-0.4, -0.2) is 12.5 Å². The predicted octanol–water partition coefficient (Wildman–Crippen LogP) is 3.34. The number of hydrogen-bond donors (Lipinski definition) is 0. The lowest BCUT2D eigenvalue weighted by Crippen LogP contribution is -2.38. The van der Waals surface area contributed by atoms with Crippen LogP contribution in [0.2, 0.25) is 0 Å². The zero-order chi connectivity index (χ0) is 13.4. The van der Waals surface area contributed by atoms with Crippen LogP contribution in [0.5, 0.6) is 0 Å². The average Bonchev–Trinajstić information content (AvgIpc) is 2.40. The van der Waals surface area contributed by atoms with Gasteiger partial charge in [0.2, 0.25) is 0 Å². The van der Waals surface area contributed by atoms with Gasteiger partial charge < -0.3 is 4.90 Å². The highest BCUT2D eigenvalue weighted by atomic mass is 19.1. The largest absolute Gasteiger partial charge is 0.305 e. The van der Waals surface area contributed by atoms with Crippen molar-refractivity contribution in [3.05, 3.63) is 65.0 Å². The molecule has 0 spiro atoms. The number of nitrogens with zero attached hydrogens (tertiary/aromatic N) is 1. The summed E-state index contributed by atoms with van der Waals surface area (Å²) in [5.41, 5.74) is 3.24. The smallest absolute Gasteiger partial charge is 0.258 e. The second-order valence-corrected chi connectivity index (χ2v) is 4.82. The first-order chi connectivity index (χ1) is 9.16. The van der Waals surface area contributed by atoms with E-state index in [9.17, 15) is 9.18 Å². The van der Waals surface area contributed by atoms with E-state index in [1.165, 1.54) is 11.0 Å². The van der Waals surface area contributed by atoms with Gasteiger partial charge in [0.05, 0.1) is 5.69 Å². The minimum atomic E-state index is -0.355. The molecule has 0 atom stereocenters. The molecule has 1 aliphatic heterocycles. The van der Waals surface area contributed by atoms with Gasteiger partial charge in [0.1, 0.15) is 5.82 Å². The van der Waals surface area contributed by atoms with Crippen LogP contribution in [0.4, 0.5) is 10.1 Å². The van der Waals surface area contributed by atoms with Gasteiger partial charge in [-0.1, -0.05) is 29.8 Å². The SMILES string of the molecule is Cc1ccc2c(c1)CCN(c1ccccc1F)C2=O. The predicted molar refractivity (Wildman–Crippen MR) is 73.0 cm³/mol. The molecule has 1 aliphatic rings. The summed E-state index contributed by atoms with van der Waals surface area (Å²) < 4.78 is 13.8. The summed E-state index contributed by atoms with van der Waals surface area (Å²) in [5, 5.41) is 0. The molecule has 0 radical (unpaired) electrons. The van der Waals surface area contributed by atoms with Gasteiger partial charge in [-0.15, -0.1) is 0 Å². The molecule has 3 heteroatoms. The van der Waals surface area contributed by atoms with Crippen LogP contribution in [0.25, 0.3) is 0 Å². The minimum Gasteiger partial charge on any atom is -0.305 e. The summed E-state index contributed by atoms with van der Waals surface area (Å²) in [6.45, 7) is 2.53. The number of fused-ring (bicyclic) bond motifs is 1. The third kappa shape index (κ3) is 2.01. The maximum atomic E-state index is 13.8. The molecule has 96 valence electrons. The first-order valence-electron chi connectivity index (χ1n) is 6.33. The number of para-hydroxylation sites is 1. The lowest BCUT2D eigenvalue weighted by Gasteiger charge is -2.29. The highest BCUT2D eigenvalue weighted by Crippen LogP contribution is 2.26. The van der Waals surface area contributed by atoms with Crippen molar-refractivity contribution >= 4 is 11.6 Å². The first kappa shape index (κ1) is 11.9. The molecule has 0 bridgehead atoms. The normalized spacial score (nSPS) is 14.4. The number of anilines is 1. The first-order valence-corrected chi connectivity index (χ1v) is 6.33. The second kappa shape index (κ2) is 4.50. The Morgan fingerprint density at radius 1 is 1.16 bits per heavy atom. The molecule has 0 unspecified atom stereocenters. The highest BCUT2D eigenvalue weighted by Gasteiger charge is 2.26. The number of rotatable bonds is 1. The van der Waals surface area contributed by atoms with Gasteiger partial charge in [0.25, 0.3) is 5.91 Å². The maximum Gasteiger partial charge on any atom is 0.258 e. The molecule has 1 heterocycles. The molecule has 2 aromatic carbocycles. The molecule has 2 aromatic rings. The van der Waals surface area contributed by atoms with Crippen LogP contribution in [0, 0.1) is 12.7 Å². The number of benzene rings is 2. The zero-order valence-corrected chi connectivity index (χ0v) is 10.7. The van der Waals surface area contributed by atoms with Gasteiger partial charge in [-0.25, -0.2) is 4.39 Å². The summed E-state index contributed by atoms with van der Waals surface area (Å²) >= 11 is 0. The quantitative estimate of drug-likeness (QED) is 0.765. The van der Waals surface area contributed by atoms with E-state index in [0.29, 0.717) is 17.8 Å². The van der Waals surface area contributed by atoms with Crippen LogP contribution < -0.4 is 4.90 Å². The molecule has 0 fully saturated rings. The van der Waals surface area contributed by atoms with Crippen molar-refractivity contribution in [2.45, 2.75) is 13.3 Å². The molecular weight excluding hydrogens is 241 g/mol.